The molecule has 0 amide bonds. The van der Waals surface area contributed by atoms with Gasteiger partial charge in [0.05, 0.1) is 17.8 Å². The number of hydrogen-bond donors (Lipinski definition) is 1. The number of para-hydroxylation sites is 1. The molecule has 0 radical (unpaired) electrons. The summed E-state index contributed by atoms with van der Waals surface area (Å²) in [6, 6.07) is 8.00. The van der Waals surface area contributed by atoms with Crippen LogP contribution in [0.5, 0.6) is 0 Å². The van der Waals surface area contributed by atoms with Gasteiger partial charge in [0.15, 0.2) is 0 Å². The van der Waals surface area contributed by atoms with Crippen molar-refractivity contribution < 1.29 is 4.74 Å². The summed E-state index contributed by atoms with van der Waals surface area (Å²) < 4.78 is 5.23. The first-order chi connectivity index (χ1) is 9.63. The number of benzene rings is 1. The van der Waals surface area contributed by atoms with Crippen molar-refractivity contribution in [2.75, 3.05) is 37.4 Å². The van der Waals surface area contributed by atoms with Crippen molar-refractivity contribution in [3.8, 4) is 0 Å². The molecule has 0 saturated carbocycles. The highest BCUT2D eigenvalue weighted by molar-refractivity contribution is 5.98. The zero-order valence-electron chi connectivity index (χ0n) is 12.5. The first kappa shape index (κ1) is 14.6. The molecule has 0 atom stereocenters. The number of ether oxygens (including phenoxy) is 1. The van der Waals surface area contributed by atoms with E-state index in [-0.39, 0.29) is 0 Å². The lowest BCUT2D eigenvalue weighted by Crippen LogP contribution is -2.31. The van der Waals surface area contributed by atoms with E-state index in [1.54, 1.807) is 7.11 Å². The fourth-order valence-corrected chi connectivity index (χ4v) is 2.41. The highest BCUT2D eigenvalue weighted by Gasteiger charge is 2.13. The van der Waals surface area contributed by atoms with Gasteiger partial charge >= 0.3 is 0 Å². The van der Waals surface area contributed by atoms with Crippen LogP contribution < -0.4 is 10.6 Å². The quantitative estimate of drug-likeness (QED) is 0.822. The van der Waals surface area contributed by atoms with Crippen LogP contribution in [0.4, 0.5) is 11.4 Å². The van der Waals surface area contributed by atoms with Crippen LogP contribution >= 0.6 is 0 Å². The van der Waals surface area contributed by atoms with E-state index >= 15 is 0 Å². The summed E-state index contributed by atoms with van der Waals surface area (Å²) in [5.74, 6) is 0.580. The van der Waals surface area contributed by atoms with Crippen molar-refractivity contribution in [1.82, 2.24) is 4.98 Å². The second-order valence-corrected chi connectivity index (χ2v) is 5.41. The molecule has 0 aliphatic carbocycles. The van der Waals surface area contributed by atoms with Gasteiger partial charge < -0.3 is 15.4 Å². The van der Waals surface area contributed by atoms with Gasteiger partial charge in [0.1, 0.15) is 0 Å². The molecule has 1 aromatic heterocycles. The summed E-state index contributed by atoms with van der Waals surface area (Å²) in [5, 5.41) is 1.10. The average Bonchev–Trinajstić information content (AvgIpc) is 2.43. The van der Waals surface area contributed by atoms with Crippen molar-refractivity contribution in [3.63, 3.8) is 0 Å². The summed E-state index contributed by atoms with van der Waals surface area (Å²) in [6.45, 7) is 6.99. The maximum Gasteiger partial charge on any atom is 0.0951 e. The Morgan fingerprint density at radius 2 is 2.10 bits per heavy atom. The summed E-state index contributed by atoms with van der Waals surface area (Å²) in [4.78, 5) is 6.75. The van der Waals surface area contributed by atoms with Gasteiger partial charge in [-0.05, 0) is 18.1 Å². The Bertz CT molecular complexity index is 569. The Balaban J connectivity index is 2.44. The Hall–Kier alpha value is -1.81. The molecule has 0 unspecified atom stereocenters. The molecular weight excluding hydrogens is 250 g/mol. The molecule has 0 aliphatic rings. The van der Waals surface area contributed by atoms with Crippen LogP contribution in [0, 0.1) is 5.92 Å². The van der Waals surface area contributed by atoms with Gasteiger partial charge in [-0.3, -0.25) is 4.98 Å². The Morgan fingerprint density at radius 3 is 2.80 bits per heavy atom. The second-order valence-electron chi connectivity index (χ2n) is 5.41. The topological polar surface area (TPSA) is 51.4 Å². The lowest BCUT2D eigenvalue weighted by Gasteiger charge is -2.27. The molecule has 4 heteroatoms. The van der Waals surface area contributed by atoms with Gasteiger partial charge in [-0.15, -0.1) is 0 Å². The second kappa shape index (κ2) is 6.57. The molecular formula is C16H23N3O. The van der Waals surface area contributed by atoms with Crippen molar-refractivity contribution in [2.45, 2.75) is 13.8 Å². The van der Waals surface area contributed by atoms with E-state index in [1.165, 1.54) is 5.69 Å². The number of nitrogen functional groups attached to an aromatic ring is 1. The summed E-state index contributed by atoms with van der Waals surface area (Å²) in [5.41, 5.74) is 8.79. The normalized spacial score (nSPS) is 11.2. The van der Waals surface area contributed by atoms with Crippen LogP contribution in [0.1, 0.15) is 13.8 Å². The van der Waals surface area contributed by atoms with Gasteiger partial charge in [-0.2, -0.15) is 0 Å². The van der Waals surface area contributed by atoms with Crippen LogP contribution in [0.25, 0.3) is 10.9 Å². The largest absolute Gasteiger partial charge is 0.397 e. The number of methoxy groups -OCH3 is 1. The van der Waals surface area contributed by atoms with E-state index in [9.17, 15) is 0 Å². The van der Waals surface area contributed by atoms with E-state index in [4.69, 9.17) is 10.5 Å². The summed E-state index contributed by atoms with van der Waals surface area (Å²) in [7, 11) is 1.73. The minimum atomic E-state index is 0.580. The third-order valence-electron chi connectivity index (χ3n) is 3.27. The molecule has 4 nitrogen and oxygen atoms in total. The van der Waals surface area contributed by atoms with Crippen LogP contribution in [0.3, 0.4) is 0 Å². The van der Waals surface area contributed by atoms with Gasteiger partial charge in [-0.25, -0.2) is 0 Å². The highest BCUT2D eigenvalue weighted by Crippen LogP contribution is 2.28. The lowest BCUT2D eigenvalue weighted by atomic mass is 10.1. The van der Waals surface area contributed by atoms with Crippen molar-refractivity contribution >= 4 is 22.3 Å². The van der Waals surface area contributed by atoms with Crippen molar-refractivity contribution in [3.05, 3.63) is 30.5 Å². The van der Waals surface area contributed by atoms with Crippen molar-refractivity contribution in [1.29, 1.82) is 0 Å². The molecule has 1 aromatic carbocycles. The number of aromatic nitrogens is 1. The van der Waals surface area contributed by atoms with E-state index in [1.807, 2.05) is 18.3 Å². The molecule has 20 heavy (non-hydrogen) atoms. The monoisotopic (exact) mass is 273 g/mol. The first-order valence-electron chi connectivity index (χ1n) is 7.00. The molecule has 2 N–H and O–H groups in total. The minimum absolute atomic E-state index is 0.580. The molecule has 2 aromatic rings. The van der Waals surface area contributed by atoms with E-state index in [2.05, 4.69) is 35.9 Å². The van der Waals surface area contributed by atoms with Gasteiger partial charge in [0.25, 0.3) is 0 Å². The molecule has 0 spiro atoms. The van der Waals surface area contributed by atoms with Crippen molar-refractivity contribution in [2.24, 2.45) is 5.92 Å². The number of pyridine rings is 1. The van der Waals surface area contributed by atoms with Crippen LogP contribution in [0.2, 0.25) is 0 Å². The zero-order valence-corrected chi connectivity index (χ0v) is 12.5. The molecule has 108 valence electrons. The molecule has 0 saturated heterocycles. The lowest BCUT2D eigenvalue weighted by molar-refractivity contribution is 0.204. The fourth-order valence-electron chi connectivity index (χ4n) is 2.41. The maximum absolute atomic E-state index is 6.02. The van der Waals surface area contributed by atoms with Crippen LogP contribution in [0.15, 0.2) is 30.5 Å². The summed E-state index contributed by atoms with van der Waals surface area (Å²) >= 11 is 0. The molecule has 1 heterocycles. The summed E-state index contributed by atoms with van der Waals surface area (Å²) in [6.07, 6.45) is 1.83. The predicted molar refractivity (Wildman–Crippen MR) is 85.1 cm³/mol. The number of anilines is 2. The van der Waals surface area contributed by atoms with Gasteiger partial charge in [0, 0.05) is 37.5 Å². The van der Waals surface area contributed by atoms with E-state index in [0.29, 0.717) is 12.5 Å². The van der Waals surface area contributed by atoms with Gasteiger partial charge in [-0.1, -0.05) is 26.0 Å². The maximum atomic E-state index is 6.02. The van der Waals surface area contributed by atoms with E-state index < -0.39 is 0 Å². The number of nitrogens with two attached hydrogens (primary N) is 1. The fraction of sp³-hybridized carbons (Fsp3) is 0.438. The first-order valence-corrected chi connectivity index (χ1v) is 7.00. The predicted octanol–water partition coefficient (Wildman–Crippen LogP) is 2.93. The third kappa shape index (κ3) is 3.20. The molecule has 2 rings (SSSR count). The van der Waals surface area contributed by atoms with Crippen LogP contribution in [-0.2, 0) is 4.74 Å². The zero-order chi connectivity index (χ0) is 14.5. The van der Waals surface area contributed by atoms with E-state index in [0.717, 1.165) is 29.7 Å². The van der Waals surface area contributed by atoms with Crippen LogP contribution in [-0.4, -0.2) is 31.8 Å². The number of hydrogen-bond acceptors (Lipinski definition) is 4. The highest BCUT2D eigenvalue weighted by atomic mass is 16.5. The third-order valence-corrected chi connectivity index (χ3v) is 3.27. The van der Waals surface area contributed by atoms with Gasteiger partial charge in [0.2, 0.25) is 0 Å². The molecule has 0 bridgehead atoms. The molecule has 0 aliphatic heterocycles. The SMILES string of the molecule is COCCN(CC(C)C)c1ccnc2c(N)cccc12. The Labute approximate surface area is 120 Å². The average molecular weight is 273 g/mol. The Morgan fingerprint density at radius 1 is 1.30 bits per heavy atom. The number of nitrogens with zero attached hydrogens (tertiary/aromatic N) is 2. The standard InChI is InChI=1S/C16H23N3O/c1-12(2)11-19(9-10-20-3)15-7-8-18-16-13(15)5-4-6-14(16)17/h4-8,12H,9-11,17H2,1-3H3. The smallest absolute Gasteiger partial charge is 0.0951 e. The Kier molecular flexibility index (Phi) is 4.79. The molecule has 0 fully saturated rings. The number of fused-ring (bicyclic) bond motifs is 1. The number of rotatable bonds is 6. The minimum Gasteiger partial charge on any atom is -0.397 e.